The molecule has 6 heteroatoms. The Morgan fingerprint density at radius 3 is 2.26 bits per heavy atom. The lowest BCUT2D eigenvalue weighted by atomic mass is 9.95. The van der Waals surface area contributed by atoms with Gasteiger partial charge in [-0.2, -0.15) is 0 Å². The van der Waals surface area contributed by atoms with Crippen LogP contribution in [0.15, 0.2) is 54.6 Å². The number of likely N-dealkylation sites (N-methyl/N-ethyl adjacent to an activating group) is 1. The zero-order valence-electron chi connectivity index (χ0n) is 20.4. The predicted octanol–water partition coefficient (Wildman–Crippen LogP) is 2.92. The largest absolute Gasteiger partial charge is 0.352 e. The Bertz CT molecular complexity index is 932. The number of hydrogen-bond donors (Lipinski definition) is 1. The van der Waals surface area contributed by atoms with E-state index < -0.39 is 0 Å². The highest BCUT2D eigenvalue weighted by molar-refractivity contribution is 5.80. The fourth-order valence-corrected chi connectivity index (χ4v) is 4.88. The van der Waals surface area contributed by atoms with E-state index >= 15 is 0 Å². The number of aryl methyl sites for hydroxylation is 1. The number of carbonyl (C=O) groups is 2. The zero-order chi connectivity index (χ0) is 23.8. The van der Waals surface area contributed by atoms with Gasteiger partial charge in [0.2, 0.25) is 11.8 Å². The first-order valence-electron chi connectivity index (χ1n) is 12.6. The molecule has 182 valence electrons. The maximum absolute atomic E-state index is 12.8. The van der Waals surface area contributed by atoms with E-state index in [0.29, 0.717) is 26.1 Å². The minimum Gasteiger partial charge on any atom is -0.352 e. The average molecular weight is 463 g/mol. The van der Waals surface area contributed by atoms with Gasteiger partial charge in [-0.25, -0.2) is 0 Å². The lowest BCUT2D eigenvalue weighted by Gasteiger charge is -2.32. The van der Waals surface area contributed by atoms with Crippen molar-refractivity contribution in [3.63, 3.8) is 0 Å². The standard InChI is InChI=1S/C28H38N4O2/c1-30-16-18-31(19-17-30)22-25-9-5-8-24(20-25)21-29-28(34)26-12-14-32(15-13-26)27(33)11-10-23-6-3-2-4-7-23/h2-9,20,26H,10-19,21-22H2,1H3,(H,29,34). The molecule has 4 rings (SSSR count). The third-order valence-corrected chi connectivity index (χ3v) is 7.15. The molecule has 0 saturated carbocycles. The van der Waals surface area contributed by atoms with E-state index in [1.54, 1.807) is 0 Å². The number of hydrogen-bond acceptors (Lipinski definition) is 4. The number of nitrogens with one attached hydrogen (secondary N) is 1. The van der Waals surface area contributed by atoms with Crippen molar-refractivity contribution in [2.45, 2.75) is 38.8 Å². The Hall–Kier alpha value is -2.70. The van der Waals surface area contributed by atoms with Gasteiger partial charge in [-0.15, -0.1) is 0 Å². The van der Waals surface area contributed by atoms with Crippen LogP contribution in [0.2, 0.25) is 0 Å². The molecule has 2 aliphatic heterocycles. The summed E-state index contributed by atoms with van der Waals surface area (Å²) in [5, 5.41) is 3.13. The second-order valence-corrected chi connectivity index (χ2v) is 9.76. The van der Waals surface area contributed by atoms with Crippen LogP contribution in [-0.4, -0.2) is 72.8 Å². The van der Waals surface area contributed by atoms with E-state index in [2.05, 4.69) is 58.6 Å². The van der Waals surface area contributed by atoms with Crippen molar-refractivity contribution in [3.05, 3.63) is 71.3 Å². The molecule has 2 amide bonds. The van der Waals surface area contributed by atoms with Gasteiger partial charge < -0.3 is 15.1 Å². The van der Waals surface area contributed by atoms with Gasteiger partial charge in [0, 0.05) is 64.7 Å². The highest BCUT2D eigenvalue weighted by Gasteiger charge is 2.27. The van der Waals surface area contributed by atoms with Crippen LogP contribution in [0.4, 0.5) is 0 Å². The lowest BCUT2D eigenvalue weighted by Crippen LogP contribution is -2.43. The number of likely N-dealkylation sites (tertiary alicyclic amines) is 1. The van der Waals surface area contributed by atoms with E-state index in [-0.39, 0.29) is 17.7 Å². The molecule has 0 radical (unpaired) electrons. The van der Waals surface area contributed by atoms with Gasteiger partial charge >= 0.3 is 0 Å². The van der Waals surface area contributed by atoms with Crippen molar-refractivity contribution in [2.75, 3.05) is 46.3 Å². The van der Waals surface area contributed by atoms with Crippen LogP contribution in [0.5, 0.6) is 0 Å². The molecular weight excluding hydrogens is 424 g/mol. The molecule has 2 fully saturated rings. The van der Waals surface area contributed by atoms with E-state index in [1.165, 1.54) is 11.1 Å². The van der Waals surface area contributed by atoms with Gasteiger partial charge in [0.05, 0.1) is 0 Å². The molecule has 0 bridgehead atoms. The van der Waals surface area contributed by atoms with E-state index in [9.17, 15) is 9.59 Å². The molecule has 34 heavy (non-hydrogen) atoms. The highest BCUT2D eigenvalue weighted by atomic mass is 16.2. The summed E-state index contributed by atoms with van der Waals surface area (Å²) in [6, 6.07) is 18.7. The summed E-state index contributed by atoms with van der Waals surface area (Å²) in [5.74, 6) is 0.299. The van der Waals surface area contributed by atoms with Crippen molar-refractivity contribution >= 4 is 11.8 Å². The normalized spacial score (nSPS) is 18.1. The molecule has 2 aromatic carbocycles. The monoisotopic (exact) mass is 462 g/mol. The molecule has 0 aromatic heterocycles. The Morgan fingerprint density at radius 2 is 1.53 bits per heavy atom. The molecule has 6 nitrogen and oxygen atoms in total. The van der Waals surface area contributed by atoms with Crippen LogP contribution in [0.3, 0.4) is 0 Å². The second-order valence-electron chi connectivity index (χ2n) is 9.76. The molecular formula is C28H38N4O2. The van der Waals surface area contributed by atoms with Crippen LogP contribution in [-0.2, 0) is 29.1 Å². The number of piperidine rings is 1. The molecule has 2 saturated heterocycles. The van der Waals surface area contributed by atoms with Crippen LogP contribution in [0, 0.1) is 5.92 Å². The third-order valence-electron chi connectivity index (χ3n) is 7.15. The quantitative estimate of drug-likeness (QED) is 0.656. The molecule has 2 heterocycles. The highest BCUT2D eigenvalue weighted by Crippen LogP contribution is 2.19. The van der Waals surface area contributed by atoms with Gasteiger partial charge in [0.1, 0.15) is 0 Å². The summed E-state index contributed by atoms with van der Waals surface area (Å²) in [5.41, 5.74) is 3.64. The molecule has 0 atom stereocenters. The number of rotatable bonds is 8. The molecule has 0 unspecified atom stereocenters. The summed E-state index contributed by atoms with van der Waals surface area (Å²) in [7, 11) is 2.17. The van der Waals surface area contributed by atoms with Gasteiger partial charge in [0.25, 0.3) is 0 Å². The van der Waals surface area contributed by atoms with Gasteiger partial charge in [-0.3, -0.25) is 14.5 Å². The van der Waals surface area contributed by atoms with E-state index in [1.807, 2.05) is 23.1 Å². The first kappa shape index (κ1) is 24.4. The number of carbonyl (C=O) groups excluding carboxylic acids is 2. The second kappa shape index (κ2) is 12.1. The molecule has 2 aromatic rings. The maximum Gasteiger partial charge on any atom is 0.223 e. The Kier molecular flexibility index (Phi) is 8.72. The van der Waals surface area contributed by atoms with E-state index in [0.717, 1.165) is 57.5 Å². The van der Waals surface area contributed by atoms with Crippen molar-refractivity contribution in [1.29, 1.82) is 0 Å². The van der Waals surface area contributed by atoms with Gasteiger partial charge in [-0.1, -0.05) is 54.6 Å². The predicted molar refractivity (Wildman–Crippen MR) is 135 cm³/mol. The Morgan fingerprint density at radius 1 is 0.853 bits per heavy atom. The first-order chi connectivity index (χ1) is 16.6. The van der Waals surface area contributed by atoms with E-state index in [4.69, 9.17) is 0 Å². The minimum absolute atomic E-state index is 0.00769. The lowest BCUT2D eigenvalue weighted by molar-refractivity contribution is -0.135. The van der Waals surface area contributed by atoms with Crippen molar-refractivity contribution in [2.24, 2.45) is 5.92 Å². The number of amides is 2. The number of nitrogens with zero attached hydrogens (tertiary/aromatic N) is 3. The molecule has 2 aliphatic rings. The summed E-state index contributed by atoms with van der Waals surface area (Å²) >= 11 is 0. The van der Waals surface area contributed by atoms with Crippen molar-refractivity contribution in [1.82, 2.24) is 20.0 Å². The van der Waals surface area contributed by atoms with Gasteiger partial charge in [-0.05, 0) is 43.0 Å². The number of piperazine rings is 1. The summed E-state index contributed by atoms with van der Waals surface area (Å²) in [4.78, 5) is 32.1. The van der Waals surface area contributed by atoms with Crippen LogP contribution >= 0.6 is 0 Å². The summed E-state index contributed by atoms with van der Waals surface area (Å²) < 4.78 is 0. The maximum atomic E-state index is 12.8. The fraction of sp³-hybridized carbons (Fsp3) is 0.500. The fourth-order valence-electron chi connectivity index (χ4n) is 4.88. The summed E-state index contributed by atoms with van der Waals surface area (Å²) in [6.45, 7) is 7.31. The van der Waals surface area contributed by atoms with Crippen LogP contribution < -0.4 is 5.32 Å². The average Bonchev–Trinajstić information content (AvgIpc) is 2.88. The molecule has 0 spiro atoms. The van der Waals surface area contributed by atoms with Crippen molar-refractivity contribution in [3.8, 4) is 0 Å². The molecule has 1 N–H and O–H groups in total. The summed E-state index contributed by atoms with van der Waals surface area (Å²) in [6.07, 6.45) is 2.79. The Labute approximate surface area is 203 Å². The SMILES string of the molecule is CN1CCN(Cc2cccc(CNC(=O)C3CCN(C(=O)CCc4ccccc4)CC3)c2)CC1. The van der Waals surface area contributed by atoms with Gasteiger partial charge in [0.15, 0.2) is 0 Å². The number of benzene rings is 2. The first-order valence-corrected chi connectivity index (χ1v) is 12.6. The smallest absolute Gasteiger partial charge is 0.223 e. The van der Waals surface area contributed by atoms with Crippen molar-refractivity contribution < 1.29 is 9.59 Å². The zero-order valence-corrected chi connectivity index (χ0v) is 20.4. The topological polar surface area (TPSA) is 55.9 Å². The van der Waals surface area contributed by atoms with Crippen LogP contribution in [0.25, 0.3) is 0 Å². The minimum atomic E-state index is -0.00769. The van der Waals surface area contributed by atoms with Crippen LogP contribution in [0.1, 0.15) is 36.0 Å². The third kappa shape index (κ3) is 7.15. The molecule has 0 aliphatic carbocycles. The Balaban J connectivity index is 1.17.